The Labute approximate surface area is 62.0 Å². The molecule has 0 saturated carbocycles. The van der Waals surface area contributed by atoms with Crippen molar-refractivity contribution in [3.63, 3.8) is 0 Å². The summed E-state index contributed by atoms with van der Waals surface area (Å²) in [5.41, 5.74) is 0. The maximum Gasteiger partial charge on any atom is 0.463 e. The molecule has 0 aliphatic rings. The number of hydrogen-bond acceptors (Lipinski definition) is 2. The number of rotatable bonds is 3. The van der Waals surface area contributed by atoms with Gasteiger partial charge in [-0.25, -0.2) is 0 Å². The molecule has 65 valence electrons. The van der Waals surface area contributed by atoms with Gasteiger partial charge in [-0.05, 0) is 0 Å². The smallest absolute Gasteiger partial charge is 0.395 e. The van der Waals surface area contributed by atoms with E-state index in [-0.39, 0.29) is 6.54 Å². The van der Waals surface area contributed by atoms with Crippen molar-refractivity contribution in [2.24, 2.45) is 0 Å². The molecule has 0 aromatic carbocycles. The lowest BCUT2D eigenvalue weighted by Crippen LogP contribution is -2.41. The number of carbonyl (C=O) groups is 1. The quantitative estimate of drug-likeness (QED) is 0.615. The summed E-state index contributed by atoms with van der Waals surface area (Å²) in [6.07, 6.45) is -4.59. The third-order valence-electron chi connectivity index (χ3n) is 1.03. The molecule has 6 heteroatoms. The van der Waals surface area contributed by atoms with Gasteiger partial charge in [0.25, 0.3) is 0 Å². The summed E-state index contributed by atoms with van der Waals surface area (Å²) in [4.78, 5) is 10.8. The average Bonchev–Trinajstić information content (AvgIpc) is 1.85. The number of likely N-dealkylation sites (N-methyl/N-ethyl adjacent to an activating group) is 1. The fourth-order valence-corrected chi connectivity index (χ4v) is 0.474. The van der Waals surface area contributed by atoms with Crippen LogP contribution in [-0.2, 0) is 9.90 Å². The van der Waals surface area contributed by atoms with Crippen LogP contribution in [0.15, 0.2) is 0 Å². The normalized spacial score (nSPS) is 11.4. The second-order valence-corrected chi connectivity index (χ2v) is 1.97. The maximum atomic E-state index is 11.7. The van der Waals surface area contributed by atoms with Crippen LogP contribution in [0.3, 0.4) is 0 Å². The minimum atomic E-state index is -4.59. The van der Waals surface area contributed by atoms with Crippen LogP contribution in [0, 0.1) is 0 Å². The van der Waals surface area contributed by atoms with Crippen molar-refractivity contribution in [1.82, 2.24) is 4.90 Å². The molecule has 1 radical (unpaired) electrons. The lowest BCUT2D eigenvalue weighted by atomic mass is 10.5. The van der Waals surface area contributed by atoms with Crippen LogP contribution in [-0.4, -0.2) is 42.2 Å². The number of aliphatic hydroxyl groups is 1. The van der Waals surface area contributed by atoms with Crippen LogP contribution in [0.5, 0.6) is 0 Å². The third kappa shape index (κ3) is 3.24. The molecule has 0 spiro atoms. The number of aliphatic hydroxyl groups excluding tert-OH is 1. The van der Waals surface area contributed by atoms with Gasteiger partial charge in [0.05, 0.1) is 6.61 Å². The Balaban J connectivity index is 4.03. The lowest BCUT2D eigenvalue weighted by Gasteiger charge is -2.16. The Hall–Kier alpha value is -0.750. The van der Waals surface area contributed by atoms with E-state index in [9.17, 15) is 18.7 Å². The van der Waals surface area contributed by atoms with Crippen molar-refractivity contribution < 1.29 is 23.8 Å². The second-order valence-electron chi connectivity index (χ2n) is 1.97. The highest BCUT2D eigenvalue weighted by atomic mass is 19.3. The number of carbonyl (C=O) groups excluding carboxylic acids is 1. The van der Waals surface area contributed by atoms with E-state index in [1.165, 1.54) is 0 Å². The van der Waals surface area contributed by atoms with E-state index < -0.39 is 18.6 Å². The highest BCUT2D eigenvalue weighted by Crippen LogP contribution is 2.11. The zero-order valence-electron chi connectivity index (χ0n) is 5.88. The van der Waals surface area contributed by atoms with Gasteiger partial charge in [-0.15, -0.1) is 5.11 Å². The summed E-state index contributed by atoms with van der Waals surface area (Å²) in [5, 5.41) is 17.9. The van der Waals surface area contributed by atoms with Crippen LogP contribution < -0.4 is 0 Å². The molecule has 0 atom stereocenters. The molecule has 0 aliphatic heterocycles. The Kier molecular flexibility index (Phi) is 3.34. The van der Waals surface area contributed by atoms with E-state index in [0.29, 0.717) is 4.90 Å². The Morgan fingerprint density at radius 2 is 2.09 bits per heavy atom. The predicted octanol–water partition coefficient (Wildman–Crippen LogP) is -0.540. The summed E-state index contributed by atoms with van der Waals surface area (Å²) in [6.45, 7) is -0.713. The molecule has 0 heterocycles. The lowest BCUT2D eigenvalue weighted by molar-refractivity contribution is -0.240. The summed E-state index contributed by atoms with van der Waals surface area (Å²) >= 11 is 0. The summed E-state index contributed by atoms with van der Waals surface area (Å²) in [5.74, 6) is -1.83. The molecule has 0 unspecified atom stereocenters. The molecule has 0 saturated heterocycles. The van der Waals surface area contributed by atoms with Crippen LogP contribution in [0.2, 0.25) is 0 Å². The van der Waals surface area contributed by atoms with Crippen LogP contribution >= 0.6 is 0 Å². The standard InChI is InChI=1S/C5H8F2NO3/c1-8(2-3-9)4(10)5(6,7)11/h9H,2-3H2,1H3. The molecular weight excluding hydrogens is 160 g/mol. The first-order chi connectivity index (χ1) is 4.89. The molecule has 0 rings (SSSR count). The monoisotopic (exact) mass is 168 g/mol. The summed E-state index contributed by atoms with van der Waals surface area (Å²) in [7, 11) is 1.02. The fraction of sp³-hybridized carbons (Fsp3) is 0.800. The van der Waals surface area contributed by atoms with E-state index in [2.05, 4.69) is 0 Å². The Morgan fingerprint density at radius 1 is 1.64 bits per heavy atom. The first-order valence-corrected chi connectivity index (χ1v) is 2.84. The van der Waals surface area contributed by atoms with Gasteiger partial charge in [-0.1, -0.05) is 0 Å². The first kappa shape index (κ1) is 10.2. The van der Waals surface area contributed by atoms with E-state index in [1.54, 1.807) is 0 Å². The summed E-state index contributed by atoms with van der Waals surface area (Å²) in [6, 6.07) is 0. The van der Waals surface area contributed by atoms with Crippen molar-refractivity contribution in [3.05, 3.63) is 0 Å². The number of hydrogen-bond donors (Lipinski definition) is 1. The minimum absolute atomic E-state index is 0.267. The van der Waals surface area contributed by atoms with Crippen molar-refractivity contribution in [2.75, 3.05) is 20.2 Å². The van der Waals surface area contributed by atoms with E-state index in [4.69, 9.17) is 5.11 Å². The predicted molar refractivity (Wildman–Crippen MR) is 30.4 cm³/mol. The number of amides is 1. The van der Waals surface area contributed by atoms with Gasteiger partial charge >= 0.3 is 12.0 Å². The van der Waals surface area contributed by atoms with E-state index in [1.807, 2.05) is 0 Å². The van der Waals surface area contributed by atoms with Gasteiger partial charge < -0.3 is 10.0 Å². The summed E-state index contributed by atoms with van der Waals surface area (Å²) < 4.78 is 23.3. The molecule has 0 aromatic rings. The third-order valence-corrected chi connectivity index (χ3v) is 1.03. The van der Waals surface area contributed by atoms with Crippen molar-refractivity contribution in [3.8, 4) is 0 Å². The number of nitrogens with zero attached hydrogens (tertiary/aromatic N) is 1. The fourth-order valence-electron chi connectivity index (χ4n) is 0.474. The molecule has 0 aromatic heterocycles. The molecule has 1 N–H and O–H groups in total. The highest BCUT2D eigenvalue weighted by molar-refractivity contribution is 5.81. The van der Waals surface area contributed by atoms with Crippen molar-refractivity contribution in [2.45, 2.75) is 6.11 Å². The zero-order valence-corrected chi connectivity index (χ0v) is 5.88. The molecule has 0 aliphatic carbocycles. The van der Waals surface area contributed by atoms with Gasteiger partial charge in [0.1, 0.15) is 0 Å². The number of alkyl halides is 2. The zero-order chi connectivity index (χ0) is 9.07. The van der Waals surface area contributed by atoms with Gasteiger partial charge in [-0.3, -0.25) is 4.79 Å². The average molecular weight is 168 g/mol. The van der Waals surface area contributed by atoms with Gasteiger partial charge in [0.15, 0.2) is 0 Å². The van der Waals surface area contributed by atoms with E-state index >= 15 is 0 Å². The molecule has 4 nitrogen and oxygen atoms in total. The Bertz CT molecular complexity index is 145. The highest BCUT2D eigenvalue weighted by Gasteiger charge is 2.40. The molecule has 0 fully saturated rings. The first-order valence-electron chi connectivity index (χ1n) is 2.84. The number of halogens is 2. The maximum absolute atomic E-state index is 11.7. The van der Waals surface area contributed by atoms with Crippen LogP contribution in [0.1, 0.15) is 0 Å². The Morgan fingerprint density at radius 3 is 2.36 bits per heavy atom. The second kappa shape index (κ2) is 3.59. The SMILES string of the molecule is CN(CCO)C(=O)C([O])(F)F. The largest absolute Gasteiger partial charge is 0.463 e. The van der Waals surface area contributed by atoms with Crippen molar-refractivity contribution in [1.29, 1.82) is 0 Å². The van der Waals surface area contributed by atoms with Crippen molar-refractivity contribution >= 4 is 5.91 Å². The van der Waals surface area contributed by atoms with Gasteiger partial charge in [0.2, 0.25) is 0 Å². The van der Waals surface area contributed by atoms with Crippen LogP contribution in [0.25, 0.3) is 0 Å². The topological polar surface area (TPSA) is 60.4 Å². The molecule has 11 heavy (non-hydrogen) atoms. The van der Waals surface area contributed by atoms with Crippen LogP contribution in [0.4, 0.5) is 8.78 Å². The molecule has 1 amide bonds. The molecule has 0 bridgehead atoms. The van der Waals surface area contributed by atoms with E-state index in [0.717, 1.165) is 7.05 Å². The van der Waals surface area contributed by atoms with Gasteiger partial charge in [0, 0.05) is 13.6 Å². The van der Waals surface area contributed by atoms with Gasteiger partial charge in [-0.2, -0.15) is 8.78 Å². The molecular formula is C5H8F2NO3. The minimum Gasteiger partial charge on any atom is -0.395 e.